The summed E-state index contributed by atoms with van der Waals surface area (Å²) in [6.45, 7) is 4.65. The van der Waals surface area contributed by atoms with E-state index < -0.39 is 0 Å². The van der Waals surface area contributed by atoms with Crippen molar-refractivity contribution in [2.45, 2.75) is 26.2 Å². The number of benzene rings is 2. The van der Waals surface area contributed by atoms with Crippen molar-refractivity contribution in [2.75, 3.05) is 24.6 Å². The highest BCUT2D eigenvalue weighted by Crippen LogP contribution is 2.33. The fraction of sp³-hybridized carbons (Fsp3) is 0.350. The van der Waals surface area contributed by atoms with Gasteiger partial charge < -0.3 is 14.7 Å². The molecule has 2 aromatic carbocycles. The number of hydrogen-bond donors (Lipinski definition) is 1. The molecule has 2 aromatic rings. The van der Waals surface area contributed by atoms with E-state index in [2.05, 4.69) is 38.0 Å². The summed E-state index contributed by atoms with van der Waals surface area (Å²) < 4.78 is 6.29. The molecule has 5 heteroatoms. The summed E-state index contributed by atoms with van der Waals surface area (Å²) in [5.41, 5.74) is 2.73. The normalized spacial score (nSPS) is 14.9. The minimum absolute atomic E-state index is 0.110. The third-order valence-corrected chi connectivity index (χ3v) is 4.75. The molecule has 1 aliphatic rings. The number of nitrogens with zero attached hydrogens (tertiary/aromatic N) is 2. The van der Waals surface area contributed by atoms with Crippen LogP contribution in [0.4, 0.5) is 11.4 Å². The van der Waals surface area contributed by atoms with E-state index in [9.17, 15) is 5.11 Å². The van der Waals surface area contributed by atoms with Gasteiger partial charge in [0.05, 0.1) is 12.3 Å². The molecule has 0 aromatic heterocycles. The molecule has 25 heavy (non-hydrogen) atoms. The highest BCUT2D eigenvalue weighted by molar-refractivity contribution is 9.10. The van der Waals surface area contributed by atoms with Crippen molar-refractivity contribution in [1.82, 2.24) is 0 Å². The summed E-state index contributed by atoms with van der Waals surface area (Å²) in [6, 6.07) is 11.8. The molecule has 132 valence electrons. The van der Waals surface area contributed by atoms with Crippen LogP contribution in [0.5, 0.6) is 11.5 Å². The topological polar surface area (TPSA) is 45.1 Å². The van der Waals surface area contributed by atoms with Gasteiger partial charge in [0.15, 0.2) is 11.5 Å². The zero-order valence-corrected chi connectivity index (χ0v) is 16.0. The zero-order valence-electron chi connectivity index (χ0n) is 14.4. The maximum absolute atomic E-state index is 10.3. The van der Waals surface area contributed by atoms with E-state index >= 15 is 0 Å². The summed E-state index contributed by atoms with van der Waals surface area (Å²) in [5.74, 6) is 0.567. The number of aliphatic imine (C=N–C) groups is 1. The Morgan fingerprint density at radius 1 is 1.16 bits per heavy atom. The first-order chi connectivity index (χ1) is 12.2. The van der Waals surface area contributed by atoms with E-state index in [1.165, 1.54) is 24.9 Å². The quantitative estimate of drug-likeness (QED) is 0.690. The lowest BCUT2D eigenvalue weighted by Gasteiger charge is -2.28. The number of phenolic OH excluding ortho intramolecular Hbond substituents is 1. The van der Waals surface area contributed by atoms with Gasteiger partial charge in [-0.3, -0.25) is 4.99 Å². The van der Waals surface area contributed by atoms with Gasteiger partial charge in [-0.1, -0.05) is 15.9 Å². The third-order valence-electron chi connectivity index (χ3n) is 4.29. The van der Waals surface area contributed by atoms with E-state index in [4.69, 9.17) is 4.74 Å². The second-order valence-electron chi connectivity index (χ2n) is 6.10. The molecular weight excluding hydrogens is 380 g/mol. The van der Waals surface area contributed by atoms with E-state index in [1.807, 2.05) is 25.1 Å². The van der Waals surface area contributed by atoms with Crippen LogP contribution in [-0.2, 0) is 0 Å². The van der Waals surface area contributed by atoms with Gasteiger partial charge in [0, 0.05) is 35.0 Å². The van der Waals surface area contributed by atoms with E-state index in [1.54, 1.807) is 12.3 Å². The lowest BCUT2D eigenvalue weighted by atomic mass is 10.1. The lowest BCUT2D eigenvalue weighted by Crippen LogP contribution is -2.29. The van der Waals surface area contributed by atoms with Gasteiger partial charge in [-0.15, -0.1) is 0 Å². The van der Waals surface area contributed by atoms with Crippen LogP contribution in [0, 0.1) is 0 Å². The minimum Gasteiger partial charge on any atom is -0.504 e. The van der Waals surface area contributed by atoms with E-state index in [0.29, 0.717) is 17.9 Å². The molecule has 0 amide bonds. The average molecular weight is 403 g/mol. The number of anilines is 1. The second kappa shape index (κ2) is 8.39. The van der Waals surface area contributed by atoms with Crippen LogP contribution in [0.25, 0.3) is 0 Å². The minimum atomic E-state index is 0.110. The van der Waals surface area contributed by atoms with Crippen molar-refractivity contribution in [3.05, 3.63) is 46.4 Å². The third kappa shape index (κ3) is 4.54. The predicted molar refractivity (Wildman–Crippen MR) is 107 cm³/mol. The molecule has 1 heterocycles. The number of piperidine rings is 1. The molecule has 1 N–H and O–H groups in total. The Balaban J connectivity index is 1.75. The van der Waals surface area contributed by atoms with Crippen LogP contribution < -0.4 is 9.64 Å². The van der Waals surface area contributed by atoms with Crippen LogP contribution >= 0.6 is 15.9 Å². The maximum atomic E-state index is 10.3. The summed E-state index contributed by atoms with van der Waals surface area (Å²) in [4.78, 5) is 6.91. The molecule has 1 saturated heterocycles. The fourth-order valence-corrected chi connectivity index (χ4v) is 3.46. The predicted octanol–water partition coefficient (Wildman–Crippen LogP) is 5.29. The monoisotopic (exact) mass is 402 g/mol. The van der Waals surface area contributed by atoms with E-state index in [0.717, 1.165) is 23.2 Å². The average Bonchev–Trinajstić information content (AvgIpc) is 2.64. The van der Waals surface area contributed by atoms with Gasteiger partial charge in [0.2, 0.25) is 0 Å². The van der Waals surface area contributed by atoms with Crippen molar-refractivity contribution in [3.63, 3.8) is 0 Å². The zero-order chi connectivity index (χ0) is 17.6. The molecule has 0 unspecified atom stereocenters. The first-order valence-electron chi connectivity index (χ1n) is 8.72. The Bertz CT molecular complexity index is 738. The second-order valence-corrected chi connectivity index (χ2v) is 7.01. The highest BCUT2D eigenvalue weighted by atomic mass is 79.9. The number of phenols is 1. The molecule has 0 radical (unpaired) electrons. The lowest BCUT2D eigenvalue weighted by molar-refractivity contribution is 0.317. The van der Waals surface area contributed by atoms with Crippen LogP contribution in [0.15, 0.2) is 45.9 Å². The number of hydrogen-bond acceptors (Lipinski definition) is 4. The van der Waals surface area contributed by atoms with Gasteiger partial charge >= 0.3 is 0 Å². The van der Waals surface area contributed by atoms with Crippen LogP contribution in [0.3, 0.4) is 0 Å². The SMILES string of the molecule is CCOc1cc(Br)cc(C=Nc2ccc(N3CCCCC3)cc2)c1O. The molecule has 3 rings (SSSR count). The van der Waals surface area contributed by atoms with Crippen molar-refractivity contribution >= 4 is 33.5 Å². The summed E-state index contributed by atoms with van der Waals surface area (Å²) in [7, 11) is 0. The molecule has 1 aliphatic heterocycles. The van der Waals surface area contributed by atoms with Gasteiger partial charge in [0.1, 0.15) is 0 Å². The van der Waals surface area contributed by atoms with Gasteiger partial charge in [0.25, 0.3) is 0 Å². The van der Waals surface area contributed by atoms with Crippen molar-refractivity contribution in [2.24, 2.45) is 4.99 Å². The molecule has 0 saturated carbocycles. The first-order valence-corrected chi connectivity index (χ1v) is 9.51. The van der Waals surface area contributed by atoms with Crippen molar-refractivity contribution in [1.29, 1.82) is 0 Å². The molecular formula is C20H23BrN2O2. The van der Waals surface area contributed by atoms with Crippen LogP contribution in [-0.4, -0.2) is 31.0 Å². The van der Waals surface area contributed by atoms with Gasteiger partial charge in [-0.05, 0) is 62.6 Å². The maximum Gasteiger partial charge on any atom is 0.166 e. The Hall–Kier alpha value is -2.01. The summed E-state index contributed by atoms with van der Waals surface area (Å²) in [6.07, 6.45) is 5.53. The number of ether oxygens (including phenoxy) is 1. The van der Waals surface area contributed by atoms with Crippen LogP contribution in [0.2, 0.25) is 0 Å². The Morgan fingerprint density at radius 2 is 1.88 bits per heavy atom. The Morgan fingerprint density at radius 3 is 2.56 bits per heavy atom. The number of halogens is 1. The summed E-state index contributed by atoms with van der Waals surface area (Å²) in [5, 5.41) is 10.3. The molecule has 1 fully saturated rings. The Labute approximate surface area is 157 Å². The first kappa shape index (κ1) is 17.8. The van der Waals surface area contributed by atoms with E-state index in [-0.39, 0.29) is 5.75 Å². The van der Waals surface area contributed by atoms with Gasteiger partial charge in [-0.2, -0.15) is 0 Å². The standard InChI is InChI=1S/C20H23BrN2O2/c1-2-25-19-13-16(21)12-15(20(19)24)14-22-17-6-8-18(9-7-17)23-10-4-3-5-11-23/h6-9,12-14,24H,2-5,10-11H2,1H3. The smallest absolute Gasteiger partial charge is 0.166 e. The molecule has 0 spiro atoms. The fourth-order valence-electron chi connectivity index (χ4n) is 3.00. The molecule has 0 aliphatic carbocycles. The van der Waals surface area contributed by atoms with Crippen molar-refractivity contribution in [3.8, 4) is 11.5 Å². The highest BCUT2D eigenvalue weighted by Gasteiger charge is 2.11. The van der Waals surface area contributed by atoms with Gasteiger partial charge in [-0.25, -0.2) is 0 Å². The largest absolute Gasteiger partial charge is 0.504 e. The number of rotatable bonds is 5. The van der Waals surface area contributed by atoms with Crippen molar-refractivity contribution < 1.29 is 9.84 Å². The summed E-state index contributed by atoms with van der Waals surface area (Å²) >= 11 is 3.44. The molecule has 4 nitrogen and oxygen atoms in total. The van der Waals surface area contributed by atoms with Crippen LogP contribution in [0.1, 0.15) is 31.7 Å². The molecule has 0 bridgehead atoms. The molecule has 0 atom stereocenters. The number of aromatic hydroxyl groups is 1. The Kier molecular flexibility index (Phi) is 5.97.